The molecule has 90 valence electrons. The van der Waals surface area contributed by atoms with Crippen LogP contribution in [-0.4, -0.2) is 24.6 Å². The van der Waals surface area contributed by atoms with Crippen molar-refractivity contribution in [2.45, 2.75) is 39.3 Å². The van der Waals surface area contributed by atoms with Gasteiger partial charge in [0.15, 0.2) is 0 Å². The van der Waals surface area contributed by atoms with Gasteiger partial charge in [-0.1, -0.05) is 6.92 Å². The normalized spacial score (nSPS) is 11.6. The van der Waals surface area contributed by atoms with Gasteiger partial charge in [-0.15, -0.1) is 0 Å². The van der Waals surface area contributed by atoms with Crippen LogP contribution in [-0.2, 0) is 6.54 Å². The van der Waals surface area contributed by atoms with E-state index in [0.717, 1.165) is 18.7 Å². The fraction of sp³-hybridized carbons (Fsp3) is 0.615. The lowest BCUT2D eigenvalue weighted by Crippen LogP contribution is -2.40. The first-order valence-corrected chi connectivity index (χ1v) is 5.84. The molecule has 16 heavy (non-hydrogen) atoms. The molecule has 0 saturated carbocycles. The van der Waals surface area contributed by atoms with Gasteiger partial charge in [-0.05, 0) is 39.4 Å². The van der Waals surface area contributed by atoms with Gasteiger partial charge in [0.1, 0.15) is 0 Å². The van der Waals surface area contributed by atoms with Crippen molar-refractivity contribution in [3.63, 3.8) is 0 Å². The fourth-order valence-electron chi connectivity index (χ4n) is 1.54. The van der Waals surface area contributed by atoms with Crippen LogP contribution in [0.1, 0.15) is 32.9 Å². The monoisotopic (exact) mass is 221 g/mol. The maximum atomic E-state index is 4.33. The third-order valence-electron chi connectivity index (χ3n) is 3.32. The van der Waals surface area contributed by atoms with E-state index in [0.29, 0.717) is 0 Å². The van der Waals surface area contributed by atoms with Crippen molar-refractivity contribution >= 4 is 5.69 Å². The molecule has 0 atom stereocenters. The molecule has 0 bridgehead atoms. The number of hydrogen-bond acceptors (Lipinski definition) is 3. The molecule has 1 aromatic heterocycles. The van der Waals surface area contributed by atoms with E-state index >= 15 is 0 Å². The van der Waals surface area contributed by atoms with Crippen LogP contribution in [0.4, 0.5) is 5.69 Å². The highest BCUT2D eigenvalue weighted by Gasteiger charge is 2.21. The summed E-state index contributed by atoms with van der Waals surface area (Å²) in [6.07, 6.45) is 3.00. The molecule has 1 aromatic rings. The minimum Gasteiger partial charge on any atom is -0.369 e. The Morgan fingerprint density at radius 2 is 2.12 bits per heavy atom. The highest BCUT2D eigenvalue weighted by atomic mass is 15.2. The van der Waals surface area contributed by atoms with Crippen molar-refractivity contribution in [2.24, 2.45) is 0 Å². The van der Waals surface area contributed by atoms with E-state index in [1.54, 1.807) is 0 Å². The van der Waals surface area contributed by atoms with Gasteiger partial charge in [-0.25, -0.2) is 0 Å². The maximum Gasteiger partial charge on any atom is 0.0562 e. The molecule has 1 rings (SSSR count). The molecule has 0 radical (unpaired) electrons. The number of rotatable bonds is 5. The number of hydrogen-bond donors (Lipinski definition) is 1. The van der Waals surface area contributed by atoms with Crippen LogP contribution in [0.5, 0.6) is 0 Å². The van der Waals surface area contributed by atoms with Crippen LogP contribution in [0.25, 0.3) is 0 Å². The van der Waals surface area contributed by atoms with E-state index in [2.05, 4.69) is 55.2 Å². The van der Waals surface area contributed by atoms with Crippen LogP contribution >= 0.6 is 0 Å². The molecule has 0 fully saturated rings. The average Bonchev–Trinajstić information content (AvgIpc) is 2.29. The summed E-state index contributed by atoms with van der Waals surface area (Å²) < 4.78 is 0. The van der Waals surface area contributed by atoms with Crippen molar-refractivity contribution < 1.29 is 0 Å². The second-order valence-electron chi connectivity index (χ2n) is 4.76. The van der Waals surface area contributed by atoms with Crippen molar-refractivity contribution in [1.29, 1.82) is 0 Å². The third kappa shape index (κ3) is 2.95. The Labute approximate surface area is 98.9 Å². The lowest BCUT2D eigenvalue weighted by atomic mass is 9.99. The number of nitrogens with one attached hydrogen (secondary N) is 1. The average molecular weight is 221 g/mol. The lowest BCUT2D eigenvalue weighted by molar-refractivity contribution is 0.470. The molecule has 0 aliphatic heterocycles. The summed E-state index contributed by atoms with van der Waals surface area (Å²) in [6, 6.07) is 4.21. The summed E-state index contributed by atoms with van der Waals surface area (Å²) in [5.74, 6) is 0. The smallest absolute Gasteiger partial charge is 0.0562 e. The zero-order valence-corrected chi connectivity index (χ0v) is 11.0. The van der Waals surface area contributed by atoms with Gasteiger partial charge in [0.25, 0.3) is 0 Å². The zero-order valence-electron chi connectivity index (χ0n) is 11.0. The molecule has 0 aliphatic rings. The summed E-state index contributed by atoms with van der Waals surface area (Å²) >= 11 is 0. The minimum absolute atomic E-state index is 0.179. The Morgan fingerprint density at radius 1 is 1.44 bits per heavy atom. The first-order chi connectivity index (χ1) is 7.51. The molecule has 3 nitrogen and oxygen atoms in total. The van der Waals surface area contributed by atoms with E-state index in [4.69, 9.17) is 0 Å². The molecule has 3 heteroatoms. The predicted molar refractivity (Wildman–Crippen MR) is 69.8 cm³/mol. The Kier molecular flexibility index (Phi) is 4.30. The standard InChI is InChI=1S/C13H23N3/c1-6-13(2,3)16(5)12-7-8-15-11(9-12)10-14-4/h7-9,14H,6,10H2,1-5H3. The SMILES string of the molecule is CCC(C)(C)N(C)c1ccnc(CNC)c1. The molecule has 1 heterocycles. The van der Waals surface area contributed by atoms with E-state index in [1.165, 1.54) is 5.69 Å². The molecule has 0 aromatic carbocycles. The van der Waals surface area contributed by atoms with Gasteiger partial charge in [-0.3, -0.25) is 4.98 Å². The second kappa shape index (κ2) is 5.30. The van der Waals surface area contributed by atoms with Gasteiger partial charge in [0.2, 0.25) is 0 Å². The predicted octanol–water partition coefficient (Wildman–Crippen LogP) is 2.43. The van der Waals surface area contributed by atoms with Crippen molar-refractivity contribution in [1.82, 2.24) is 10.3 Å². The van der Waals surface area contributed by atoms with E-state index < -0.39 is 0 Å². The number of pyridine rings is 1. The fourth-order valence-corrected chi connectivity index (χ4v) is 1.54. The first kappa shape index (κ1) is 13.0. The number of nitrogens with zero attached hydrogens (tertiary/aromatic N) is 2. The van der Waals surface area contributed by atoms with Crippen LogP contribution in [0.2, 0.25) is 0 Å². The van der Waals surface area contributed by atoms with Crippen molar-refractivity contribution in [2.75, 3.05) is 19.0 Å². The minimum atomic E-state index is 0.179. The Bertz CT molecular complexity index is 334. The molecular formula is C13H23N3. The molecule has 0 spiro atoms. The Morgan fingerprint density at radius 3 is 2.69 bits per heavy atom. The topological polar surface area (TPSA) is 28.2 Å². The first-order valence-electron chi connectivity index (χ1n) is 5.84. The molecule has 0 unspecified atom stereocenters. The second-order valence-corrected chi connectivity index (χ2v) is 4.76. The number of aromatic nitrogens is 1. The summed E-state index contributed by atoms with van der Waals surface area (Å²) in [6.45, 7) is 7.54. The van der Waals surface area contributed by atoms with Crippen LogP contribution in [0.3, 0.4) is 0 Å². The van der Waals surface area contributed by atoms with Crippen molar-refractivity contribution in [3.05, 3.63) is 24.0 Å². The summed E-state index contributed by atoms with van der Waals surface area (Å²) in [7, 11) is 4.08. The van der Waals surface area contributed by atoms with Gasteiger partial charge in [0.05, 0.1) is 5.69 Å². The molecule has 0 saturated heterocycles. The maximum absolute atomic E-state index is 4.33. The van der Waals surface area contributed by atoms with Crippen molar-refractivity contribution in [3.8, 4) is 0 Å². The van der Waals surface area contributed by atoms with Crippen LogP contribution in [0, 0.1) is 0 Å². The lowest BCUT2D eigenvalue weighted by Gasteiger charge is -2.36. The van der Waals surface area contributed by atoms with E-state index in [1.807, 2.05) is 13.2 Å². The largest absolute Gasteiger partial charge is 0.369 e. The van der Waals surface area contributed by atoms with Gasteiger partial charge >= 0.3 is 0 Å². The van der Waals surface area contributed by atoms with Crippen LogP contribution < -0.4 is 10.2 Å². The molecule has 0 amide bonds. The van der Waals surface area contributed by atoms with E-state index in [-0.39, 0.29) is 5.54 Å². The Balaban J connectivity index is 2.91. The molecular weight excluding hydrogens is 198 g/mol. The zero-order chi connectivity index (χ0) is 12.2. The van der Waals surface area contributed by atoms with Gasteiger partial charge < -0.3 is 10.2 Å². The number of anilines is 1. The summed E-state index contributed by atoms with van der Waals surface area (Å²) in [4.78, 5) is 6.64. The molecule has 0 aliphatic carbocycles. The quantitative estimate of drug-likeness (QED) is 0.827. The van der Waals surface area contributed by atoms with Gasteiger partial charge in [0, 0.05) is 31.0 Å². The highest BCUT2D eigenvalue weighted by molar-refractivity contribution is 5.48. The third-order valence-corrected chi connectivity index (χ3v) is 3.32. The summed E-state index contributed by atoms with van der Waals surface area (Å²) in [5.41, 5.74) is 2.49. The van der Waals surface area contributed by atoms with Gasteiger partial charge in [-0.2, -0.15) is 0 Å². The van der Waals surface area contributed by atoms with Crippen LogP contribution in [0.15, 0.2) is 18.3 Å². The molecule has 1 N–H and O–H groups in total. The van der Waals surface area contributed by atoms with E-state index in [9.17, 15) is 0 Å². The Hall–Kier alpha value is -1.09. The summed E-state index contributed by atoms with van der Waals surface area (Å²) in [5, 5.41) is 3.12. The highest BCUT2D eigenvalue weighted by Crippen LogP contribution is 2.24.